The van der Waals surface area contributed by atoms with E-state index in [1.807, 2.05) is 6.20 Å². The lowest BCUT2D eigenvalue weighted by Gasteiger charge is -2.23. The van der Waals surface area contributed by atoms with Crippen LogP contribution in [0.2, 0.25) is 0 Å². The van der Waals surface area contributed by atoms with Crippen molar-refractivity contribution in [3.05, 3.63) is 17.5 Å². The molecule has 0 aliphatic heterocycles. The zero-order valence-corrected chi connectivity index (χ0v) is 9.15. The van der Waals surface area contributed by atoms with E-state index in [4.69, 9.17) is 0 Å². The van der Waals surface area contributed by atoms with Crippen LogP contribution in [0, 0.1) is 0 Å². The van der Waals surface area contributed by atoms with Gasteiger partial charge in [-0.25, -0.2) is 0 Å². The fourth-order valence-corrected chi connectivity index (χ4v) is 1.93. The number of rotatable bonds is 4. The van der Waals surface area contributed by atoms with E-state index in [-0.39, 0.29) is 5.41 Å². The highest BCUT2D eigenvalue weighted by Crippen LogP contribution is 2.29. The highest BCUT2D eigenvalue weighted by atomic mass is 15.1. The van der Waals surface area contributed by atoms with E-state index < -0.39 is 0 Å². The zero-order chi connectivity index (χ0) is 9.90. The van der Waals surface area contributed by atoms with Crippen molar-refractivity contribution < 1.29 is 0 Å². The van der Waals surface area contributed by atoms with Crippen LogP contribution in [-0.2, 0) is 11.8 Å². The van der Waals surface area contributed by atoms with Crippen LogP contribution in [0.15, 0.2) is 6.20 Å². The van der Waals surface area contributed by atoms with Crippen molar-refractivity contribution >= 4 is 0 Å². The molecule has 0 aliphatic rings. The fourth-order valence-electron chi connectivity index (χ4n) is 1.93. The average molecular weight is 180 g/mol. The molecule has 1 aromatic rings. The summed E-state index contributed by atoms with van der Waals surface area (Å²) in [4.78, 5) is 0. The predicted octanol–water partition coefficient (Wildman–Crippen LogP) is 3.05. The number of nitrogens with zero attached hydrogens (tertiary/aromatic N) is 1. The minimum absolute atomic E-state index is 0.271. The van der Waals surface area contributed by atoms with Crippen LogP contribution < -0.4 is 0 Å². The van der Waals surface area contributed by atoms with Gasteiger partial charge in [-0.15, -0.1) is 0 Å². The standard InChI is InChI=1S/C11H20N2/c1-5-7-11(3,4)9-8-12-13-10(9)6-2/h8H,5-7H2,1-4H3,(H,12,13). The van der Waals surface area contributed by atoms with Gasteiger partial charge in [0.25, 0.3) is 0 Å². The fraction of sp³-hybridized carbons (Fsp3) is 0.727. The molecule has 0 unspecified atom stereocenters. The number of hydrogen-bond donors (Lipinski definition) is 1. The number of nitrogens with one attached hydrogen (secondary N) is 1. The van der Waals surface area contributed by atoms with Gasteiger partial charge in [-0.05, 0) is 23.8 Å². The molecule has 0 amide bonds. The maximum Gasteiger partial charge on any atom is 0.0527 e. The molecule has 0 atom stereocenters. The Hall–Kier alpha value is -0.790. The van der Waals surface area contributed by atoms with Crippen LogP contribution in [0.25, 0.3) is 0 Å². The molecule has 2 heteroatoms. The van der Waals surface area contributed by atoms with E-state index in [0.717, 1.165) is 6.42 Å². The van der Waals surface area contributed by atoms with Gasteiger partial charge in [0.15, 0.2) is 0 Å². The minimum atomic E-state index is 0.271. The maximum atomic E-state index is 4.12. The highest BCUT2D eigenvalue weighted by molar-refractivity contribution is 5.25. The summed E-state index contributed by atoms with van der Waals surface area (Å²) in [6, 6.07) is 0. The molecule has 0 spiro atoms. The lowest BCUT2D eigenvalue weighted by atomic mass is 9.80. The van der Waals surface area contributed by atoms with Crippen LogP contribution in [-0.4, -0.2) is 10.2 Å². The van der Waals surface area contributed by atoms with Crippen molar-refractivity contribution in [2.45, 2.75) is 52.4 Å². The van der Waals surface area contributed by atoms with E-state index in [1.54, 1.807) is 0 Å². The lowest BCUT2D eigenvalue weighted by molar-refractivity contribution is 0.469. The highest BCUT2D eigenvalue weighted by Gasteiger charge is 2.23. The van der Waals surface area contributed by atoms with Gasteiger partial charge in [0, 0.05) is 5.69 Å². The van der Waals surface area contributed by atoms with Crippen LogP contribution in [0.1, 0.15) is 51.8 Å². The zero-order valence-electron chi connectivity index (χ0n) is 9.15. The normalized spacial score (nSPS) is 12.0. The topological polar surface area (TPSA) is 28.7 Å². The van der Waals surface area contributed by atoms with Crippen LogP contribution in [0.3, 0.4) is 0 Å². The van der Waals surface area contributed by atoms with Crippen molar-refractivity contribution in [1.29, 1.82) is 0 Å². The number of hydrogen-bond acceptors (Lipinski definition) is 1. The van der Waals surface area contributed by atoms with Gasteiger partial charge in [-0.2, -0.15) is 5.10 Å². The Morgan fingerprint density at radius 3 is 2.62 bits per heavy atom. The predicted molar refractivity (Wildman–Crippen MR) is 55.9 cm³/mol. The van der Waals surface area contributed by atoms with Crippen molar-refractivity contribution in [2.24, 2.45) is 0 Å². The Labute approximate surface area is 80.7 Å². The second-order valence-corrected chi connectivity index (χ2v) is 4.25. The van der Waals surface area contributed by atoms with Crippen LogP contribution in [0.5, 0.6) is 0 Å². The molecule has 1 heterocycles. The molecular formula is C11H20N2. The van der Waals surface area contributed by atoms with Crippen LogP contribution >= 0.6 is 0 Å². The molecule has 0 fully saturated rings. The number of aromatic nitrogens is 2. The number of aromatic amines is 1. The van der Waals surface area contributed by atoms with E-state index in [1.165, 1.54) is 24.1 Å². The van der Waals surface area contributed by atoms with Gasteiger partial charge < -0.3 is 0 Å². The Balaban J connectivity index is 2.91. The Bertz CT molecular complexity index is 261. The smallest absolute Gasteiger partial charge is 0.0527 e. The number of H-pyrrole nitrogens is 1. The van der Waals surface area contributed by atoms with Gasteiger partial charge in [-0.3, -0.25) is 5.10 Å². The van der Waals surface area contributed by atoms with Gasteiger partial charge >= 0.3 is 0 Å². The molecule has 0 aliphatic carbocycles. The van der Waals surface area contributed by atoms with E-state index in [2.05, 4.69) is 37.9 Å². The van der Waals surface area contributed by atoms with Crippen molar-refractivity contribution in [3.8, 4) is 0 Å². The summed E-state index contributed by atoms with van der Waals surface area (Å²) in [5, 5.41) is 7.19. The Morgan fingerprint density at radius 2 is 2.08 bits per heavy atom. The van der Waals surface area contributed by atoms with Gasteiger partial charge in [0.05, 0.1) is 6.20 Å². The third-order valence-corrected chi connectivity index (χ3v) is 2.68. The second kappa shape index (κ2) is 3.95. The maximum absolute atomic E-state index is 4.12. The molecule has 0 aromatic carbocycles. The summed E-state index contributed by atoms with van der Waals surface area (Å²) in [6.45, 7) is 8.98. The van der Waals surface area contributed by atoms with E-state index in [0.29, 0.717) is 0 Å². The summed E-state index contributed by atoms with van der Waals surface area (Å²) >= 11 is 0. The molecule has 13 heavy (non-hydrogen) atoms. The quantitative estimate of drug-likeness (QED) is 0.758. The van der Waals surface area contributed by atoms with Gasteiger partial charge in [0.2, 0.25) is 0 Å². The molecule has 0 saturated heterocycles. The summed E-state index contributed by atoms with van der Waals surface area (Å²) in [6.07, 6.45) is 5.47. The van der Waals surface area contributed by atoms with Crippen molar-refractivity contribution in [2.75, 3.05) is 0 Å². The number of aryl methyl sites for hydroxylation is 1. The molecule has 0 bridgehead atoms. The molecule has 0 radical (unpaired) electrons. The summed E-state index contributed by atoms with van der Waals surface area (Å²) in [7, 11) is 0. The molecule has 2 nitrogen and oxygen atoms in total. The van der Waals surface area contributed by atoms with E-state index in [9.17, 15) is 0 Å². The first kappa shape index (κ1) is 10.3. The first-order chi connectivity index (χ1) is 6.11. The lowest BCUT2D eigenvalue weighted by Crippen LogP contribution is -2.17. The summed E-state index contributed by atoms with van der Waals surface area (Å²) in [5.74, 6) is 0. The Morgan fingerprint density at radius 1 is 1.38 bits per heavy atom. The average Bonchev–Trinajstić information content (AvgIpc) is 2.51. The largest absolute Gasteiger partial charge is 0.282 e. The summed E-state index contributed by atoms with van der Waals surface area (Å²) in [5.41, 5.74) is 2.95. The monoisotopic (exact) mass is 180 g/mol. The third kappa shape index (κ3) is 2.11. The third-order valence-electron chi connectivity index (χ3n) is 2.68. The molecule has 74 valence electrons. The molecule has 1 N–H and O–H groups in total. The first-order valence-corrected chi connectivity index (χ1v) is 5.14. The SMILES string of the molecule is CCCC(C)(C)c1cn[nH]c1CC. The van der Waals surface area contributed by atoms with E-state index >= 15 is 0 Å². The van der Waals surface area contributed by atoms with Crippen molar-refractivity contribution in [1.82, 2.24) is 10.2 Å². The van der Waals surface area contributed by atoms with Gasteiger partial charge in [0.1, 0.15) is 0 Å². The van der Waals surface area contributed by atoms with Crippen molar-refractivity contribution in [3.63, 3.8) is 0 Å². The molecule has 0 saturated carbocycles. The van der Waals surface area contributed by atoms with Crippen LogP contribution in [0.4, 0.5) is 0 Å². The second-order valence-electron chi connectivity index (χ2n) is 4.25. The summed E-state index contributed by atoms with van der Waals surface area (Å²) < 4.78 is 0. The Kier molecular flexibility index (Phi) is 3.12. The van der Waals surface area contributed by atoms with Gasteiger partial charge in [-0.1, -0.05) is 34.1 Å². The molecule has 1 aromatic heterocycles. The molecule has 1 rings (SSSR count). The first-order valence-electron chi connectivity index (χ1n) is 5.14. The minimum Gasteiger partial charge on any atom is -0.282 e. The molecular weight excluding hydrogens is 160 g/mol.